The van der Waals surface area contributed by atoms with Gasteiger partial charge in [-0.2, -0.15) is 4.31 Å². The van der Waals surface area contributed by atoms with Gasteiger partial charge in [0.25, 0.3) is 0 Å². The molecule has 2 aliphatic carbocycles. The van der Waals surface area contributed by atoms with Crippen LogP contribution in [0.4, 0.5) is 0 Å². The van der Waals surface area contributed by atoms with E-state index in [-0.39, 0.29) is 29.7 Å². The third kappa shape index (κ3) is 5.57. The average molecular weight is 531 g/mol. The molecule has 2 N–H and O–H groups in total. The van der Waals surface area contributed by atoms with Gasteiger partial charge in [-0.25, -0.2) is 8.42 Å². The van der Waals surface area contributed by atoms with Gasteiger partial charge in [0.05, 0.1) is 16.9 Å². The minimum Gasteiger partial charge on any atom is -0.369 e. The Morgan fingerprint density at radius 2 is 1.55 bits per heavy atom. The maximum Gasteiger partial charge on any atom is 0.243 e. The van der Waals surface area contributed by atoms with Gasteiger partial charge in [0.1, 0.15) is 0 Å². The number of primary amides is 1. The second-order valence-electron chi connectivity index (χ2n) is 11.1. The van der Waals surface area contributed by atoms with Gasteiger partial charge in [-0.3, -0.25) is 4.79 Å². The molecule has 0 spiro atoms. The van der Waals surface area contributed by atoms with Crippen LogP contribution in [0.5, 0.6) is 0 Å². The SMILES string of the molecule is Cc1ccc(C(C(N)=O)C2CCC(CN([C@@H]3CCCc4ccccc43)S(=O)(=O)c3ccccc3)CC2)cc1. The average Bonchev–Trinajstić information content (AvgIpc) is 2.94. The summed E-state index contributed by atoms with van der Waals surface area (Å²) in [7, 11) is -3.67. The van der Waals surface area contributed by atoms with E-state index in [1.54, 1.807) is 28.6 Å². The number of carbonyl (C=O) groups is 1. The molecule has 5 rings (SSSR count). The van der Waals surface area contributed by atoms with Crippen LogP contribution in [0.1, 0.15) is 72.7 Å². The van der Waals surface area contributed by atoms with E-state index in [9.17, 15) is 13.2 Å². The number of benzene rings is 3. The highest BCUT2D eigenvalue weighted by Crippen LogP contribution is 2.42. The van der Waals surface area contributed by atoms with Crippen LogP contribution in [0.3, 0.4) is 0 Å². The number of aryl methyl sites for hydroxylation is 2. The largest absolute Gasteiger partial charge is 0.369 e. The number of nitrogens with two attached hydrogens (primary N) is 1. The van der Waals surface area contributed by atoms with E-state index in [1.807, 2.05) is 49.4 Å². The lowest BCUT2D eigenvalue weighted by Gasteiger charge is -2.39. The van der Waals surface area contributed by atoms with Gasteiger partial charge in [0.15, 0.2) is 0 Å². The van der Waals surface area contributed by atoms with E-state index in [2.05, 4.69) is 12.1 Å². The summed E-state index contributed by atoms with van der Waals surface area (Å²) in [6.45, 7) is 2.53. The van der Waals surface area contributed by atoms with Crippen LogP contribution >= 0.6 is 0 Å². The molecule has 3 aromatic carbocycles. The summed E-state index contributed by atoms with van der Waals surface area (Å²) in [5, 5.41) is 0. The first-order valence-corrected chi connectivity index (χ1v) is 15.3. The third-order valence-electron chi connectivity index (χ3n) is 8.58. The fourth-order valence-electron chi connectivity index (χ4n) is 6.55. The lowest BCUT2D eigenvalue weighted by Crippen LogP contribution is -2.41. The molecule has 5 nitrogen and oxygen atoms in total. The van der Waals surface area contributed by atoms with Gasteiger partial charge in [-0.15, -0.1) is 0 Å². The lowest BCUT2D eigenvalue weighted by molar-refractivity contribution is -0.121. The van der Waals surface area contributed by atoms with E-state index < -0.39 is 10.0 Å². The van der Waals surface area contributed by atoms with Crippen LogP contribution in [-0.2, 0) is 21.2 Å². The molecule has 1 fully saturated rings. The fourth-order valence-corrected chi connectivity index (χ4v) is 8.28. The Morgan fingerprint density at radius 3 is 2.24 bits per heavy atom. The Hall–Kier alpha value is -2.96. The summed E-state index contributed by atoms with van der Waals surface area (Å²) in [5.74, 6) is -0.151. The van der Waals surface area contributed by atoms with Crippen molar-refractivity contribution < 1.29 is 13.2 Å². The third-order valence-corrected chi connectivity index (χ3v) is 10.5. The molecule has 1 amide bonds. The molecule has 6 heteroatoms. The molecule has 2 atom stereocenters. The summed E-state index contributed by atoms with van der Waals surface area (Å²) in [6, 6.07) is 25.1. The van der Waals surface area contributed by atoms with Crippen molar-refractivity contribution in [3.05, 3.63) is 101 Å². The number of rotatable bonds is 8. The Labute approximate surface area is 227 Å². The molecule has 2 aliphatic rings. The number of hydrogen-bond acceptors (Lipinski definition) is 3. The van der Waals surface area contributed by atoms with E-state index in [4.69, 9.17) is 5.73 Å². The van der Waals surface area contributed by atoms with Crippen LogP contribution in [0, 0.1) is 18.8 Å². The van der Waals surface area contributed by atoms with Crippen LogP contribution in [0.15, 0.2) is 83.8 Å². The minimum absolute atomic E-state index is 0.159. The van der Waals surface area contributed by atoms with Crippen molar-refractivity contribution in [3.63, 3.8) is 0 Å². The highest BCUT2D eigenvalue weighted by Gasteiger charge is 2.38. The first kappa shape index (κ1) is 26.6. The van der Waals surface area contributed by atoms with Crippen molar-refractivity contribution in [1.82, 2.24) is 4.31 Å². The highest BCUT2D eigenvalue weighted by atomic mass is 32.2. The minimum atomic E-state index is -3.67. The standard InChI is InChI=1S/C32H38N2O3S/c1-23-14-18-26(19-15-23)31(32(33)35)27-20-16-24(17-21-27)22-34(38(36,37)28-10-3-2-4-11-28)30-13-7-9-25-8-5-6-12-29(25)30/h2-6,8,10-12,14-15,18-19,24,27,30-31H,7,9,13,16-17,20-22H2,1H3,(H2,33,35)/t24?,27?,30-,31?/m1/s1. The monoisotopic (exact) mass is 530 g/mol. The molecule has 0 heterocycles. The predicted octanol–water partition coefficient (Wildman–Crippen LogP) is 6.14. The van der Waals surface area contributed by atoms with Gasteiger partial charge in [0, 0.05) is 6.54 Å². The fraction of sp³-hybridized carbons (Fsp3) is 0.406. The molecule has 0 aromatic heterocycles. The Kier molecular flexibility index (Phi) is 8.01. The molecule has 1 unspecified atom stereocenters. The van der Waals surface area contributed by atoms with Crippen molar-refractivity contribution in [2.75, 3.05) is 6.54 Å². The summed E-state index contributed by atoms with van der Waals surface area (Å²) >= 11 is 0. The molecule has 0 radical (unpaired) electrons. The molecule has 3 aromatic rings. The van der Waals surface area contributed by atoms with Gasteiger partial charge >= 0.3 is 0 Å². The highest BCUT2D eigenvalue weighted by molar-refractivity contribution is 7.89. The summed E-state index contributed by atoms with van der Waals surface area (Å²) in [6.07, 6.45) is 6.30. The van der Waals surface area contributed by atoms with Crippen LogP contribution < -0.4 is 5.73 Å². The van der Waals surface area contributed by atoms with Gasteiger partial charge < -0.3 is 5.73 Å². The Morgan fingerprint density at radius 1 is 0.895 bits per heavy atom. The first-order valence-electron chi connectivity index (χ1n) is 13.8. The maximum absolute atomic E-state index is 14.1. The van der Waals surface area contributed by atoms with Crippen molar-refractivity contribution in [3.8, 4) is 0 Å². The Balaban J connectivity index is 1.38. The maximum atomic E-state index is 14.1. The van der Waals surface area contributed by atoms with Crippen LogP contribution in [0.25, 0.3) is 0 Å². The molecule has 0 aliphatic heterocycles. The molecule has 200 valence electrons. The van der Waals surface area contributed by atoms with E-state index >= 15 is 0 Å². The van der Waals surface area contributed by atoms with Crippen LogP contribution in [-0.4, -0.2) is 25.2 Å². The summed E-state index contributed by atoms with van der Waals surface area (Å²) < 4.78 is 29.9. The quantitative estimate of drug-likeness (QED) is 0.380. The van der Waals surface area contributed by atoms with Gasteiger partial charge in [0.2, 0.25) is 15.9 Å². The van der Waals surface area contributed by atoms with Gasteiger partial charge in [-0.1, -0.05) is 72.3 Å². The molecular weight excluding hydrogens is 492 g/mol. The zero-order valence-electron chi connectivity index (χ0n) is 22.1. The van der Waals surface area contributed by atoms with Crippen molar-refractivity contribution in [2.45, 2.75) is 68.7 Å². The van der Waals surface area contributed by atoms with Gasteiger partial charge in [-0.05, 0) is 92.5 Å². The van der Waals surface area contributed by atoms with Crippen molar-refractivity contribution >= 4 is 15.9 Å². The number of carbonyl (C=O) groups excluding carboxylic acids is 1. The number of hydrogen-bond donors (Lipinski definition) is 1. The van der Waals surface area contributed by atoms with Crippen LogP contribution in [0.2, 0.25) is 0 Å². The summed E-state index contributed by atoms with van der Waals surface area (Å²) in [4.78, 5) is 12.8. The summed E-state index contributed by atoms with van der Waals surface area (Å²) in [5.41, 5.74) is 10.4. The molecule has 38 heavy (non-hydrogen) atoms. The van der Waals surface area contributed by atoms with E-state index in [0.29, 0.717) is 11.4 Å². The molecule has 0 saturated heterocycles. The number of nitrogens with zero attached hydrogens (tertiary/aromatic N) is 1. The lowest BCUT2D eigenvalue weighted by atomic mass is 9.73. The predicted molar refractivity (Wildman–Crippen MR) is 151 cm³/mol. The zero-order chi connectivity index (χ0) is 26.7. The second-order valence-corrected chi connectivity index (χ2v) is 13.0. The molecule has 0 bridgehead atoms. The number of sulfonamides is 1. The van der Waals surface area contributed by atoms with E-state index in [1.165, 1.54) is 5.56 Å². The molecule has 1 saturated carbocycles. The first-order chi connectivity index (χ1) is 18.3. The van der Waals surface area contributed by atoms with Crippen molar-refractivity contribution in [1.29, 1.82) is 0 Å². The molecular formula is C32H38N2O3S. The zero-order valence-corrected chi connectivity index (χ0v) is 22.9. The van der Waals surface area contributed by atoms with Crippen molar-refractivity contribution in [2.24, 2.45) is 17.6 Å². The van der Waals surface area contributed by atoms with E-state index in [0.717, 1.165) is 61.6 Å². The second kappa shape index (κ2) is 11.4. The number of amides is 1. The normalized spacial score (nSPS) is 22.5. The number of fused-ring (bicyclic) bond motifs is 1. The topological polar surface area (TPSA) is 80.5 Å². The smallest absolute Gasteiger partial charge is 0.243 e. The Bertz CT molecular complexity index is 1350.